The SMILES string of the molecule is Cc1cc(=O)c(-c2nc(C3CCCCCN3)no2)c[nH]1. The highest BCUT2D eigenvalue weighted by Crippen LogP contribution is 2.22. The lowest BCUT2D eigenvalue weighted by atomic mass is 10.1. The van der Waals surface area contributed by atoms with Gasteiger partial charge < -0.3 is 14.8 Å². The quantitative estimate of drug-likeness (QED) is 0.874. The number of rotatable bonds is 2. The van der Waals surface area contributed by atoms with Crippen LogP contribution in [0.1, 0.15) is 43.2 Å². The third kappa shape index (κ3) is 2.65. The van der Waals surface area contributed by atoms with Crippen LogP contribution in [0.5, 0.6) is 0 Å². The van der Waals surface area contributed by atoms with Gasteiger partial charge in [0.25, 0.3) is 5.89 Å². The van der Waals surface area contributed by atoms with Crippen molar-refractivity contribution in [1.29, 1.82) is 0 Å². The van der Waals surface area contributed by atoms with E-state index in [-0.39, 0.29) is 17.4 Å². The second-order valence-corrected chi connectivity index (χ2v) is 5.21. The molecule has 1 aliphatic heterocycles. The van der Waals surface area contributed by atoms with E-state index in [1.807, 2.05) is 6.92 Å². The largest absolute Gasteiger partial charge is 0.364 e. The van der Waals surface area contributed by atoms with Gasteiger partial charge in [-0.2, -0.15) is 4.98 Å². The lowest BCUT2D eigenvalue weighted by Gasteiger charge is -2.09. The minimum absolute atomic E-state index is 0.106. The maximum absolute atomic E-state index is 11.9. The molecule has 20 heavy (non-hydrogen) atoms. The van der Waals surface area contributed by atoms with Crippen molar-refractivity contribution in [2.24, 2.45) is 0 Å². The number of H-pyrrole nitrogens is 1. The molecule has 2 aromatic heterocycles. The van der Waals surface area contributed by atoms with Crippen molar-refractivity contribution in [3.63, 3.8) is 0 Å². The number of aromatic amines is 1. The fraction of sp³-hybridized carbons (Fsp3) is 0.500. The maximum Gasteiger partial charge on any atom is 0.263 e. The van der Waals surface area contributed by atoms with Crippen LogP contribution in [0.15, 0.2) is 21.6 Å². The lowest BCUT2D eigenvalue weighted by molar-refractivity contribution is 0.402. The molecule has 3 rings (SSSR count). The van der Waals surface area contributed by atoms with Gasteiger partial charge in [-0.25, -0.2) is 0 Å². The molecule has 0 bridgehead atoms. The number of hydrogen-bond acceptors (Lipinski definition) is 5. The number of nitrogens with zero attached hydrogens (tertiary/aromatic N) is 2. The lowest BCUT2D eigenvalue weighted by Crippen LogP contribution is -2.21. The van der Waals surface area contributed by atoms with Crippen LogP contribution in [-0.2, 0) is 0 Å². The van der Waals surface area contributed by atoms with Crippen molar-refractivity contribution < 1.29 is 4.52 Å². The Hall–Kier alpha value is -1.95. The summed E-state index contributed by atoms with van der Waals surface area (Å²) in [5.41, 5.74) is 1.12. The molecule has 0 spiro atoms. The topological polar surface area (TPSA) is 83.8 Å². The Labute approximate surface area is 116 Å². The first kappa shape index (κ1) is 13.1. The highest BCUT2D eigenvalue weighted by Gasteiger charge is 2.20. The smallest absolute Gasteiger partial charge is 0.263 e. The first-order valence-corrected chi connectivity index (χ1v) is 7.01. The molecular formula is C14H18N4O2. The summed E-state index contributed by atoms with van der Waals surface area (Å²) < 4.78 is 5.24. The Morgan fingerprint density at radius 1 is 1.35 bits per heavy atom. The van der Waals surface area contributed by atoms with Crippen LogP contribution in [-0.4, -0.2) is 21.7 Å². The van der Waals surface area contributed by atoms with Crippen LogP contribution in [0.4, 0.5) is 0 Å². The predicted octanol–water partition coefficient (Wildman–Crippen LogP) is 1.94. The van der Waals surface area contributed by atoms with Gasteiger partial charge in [0.2, 0.25) is 0 Å². The maximum atomic E-state index is 11.9. The van der Waals surface area contributed by atoms with Crippen LogP contribution in [0.3, 0.4) is 0 Å². The van der Waals surface area contributed by atoms with Crippen LogP contribution >= 0.6 is 0 Å². The Morgan fingerprint density at radius 2 is 2.25 bits per heavy atom. The van der Waals surface area contributed by atoms with Gasteiger partial charge in [0, 0.05) is 18.0 Å². The molecule has 1 saturated heterocycles. The second kappa shape index (κ2) is 5.58. The first-order valence-electron chi connectivity index (χ1n) is 7.01. The molecule has 1 unspecified atom stereocenters. The van der Waals surface area contributed by atoms with Gasteiger partial charge in [-0.05, 0) is 26.3 Å². The van der Waals surface area contributed by atoms with Crippen molar-refractivity contribution in [3.05, 3.63) is 34.0 Å². The monoisotopic (exact) mass is 274 g/mol. The van der Waals surface area contributed by atoms with Gasteiger partial charge in [-0.3, -0.25) is 4.79 Å². The summed E-state index contributed by atoms with van der Waals surface area (Å²) >= 11 is 0. The summed E-state index contributed by atoms with van der Waals surface area (Å²) in [7, 11) is 0. The van der Waals surface area contributed by atoms with Gasteiger partial charge in [0.05, 0.1) is 6.04 Å². The third-order valence-electron chi connectivity index (χ3n) is 3.60. The zero-order valence-electron chi connectivity index (χ0n) is 11.5. The summed E-state index contributed by atoms with van der Waals surface area (Å²) in [6, 6.07) is 1.66. The molecule has 106 valence electrons. The van der Waals surface area contributed by atoms with Crippen LogP contribution in [0.2, 0.25) is 0 Å². The zero-order chi connectivity index (χ0) is 13.9. The van der Waals surface area contributed by atoms with Gasteiger partial charge >= 0.3 is 0 Å². The van der Waals surface area contributed by atoms with Gasteiger partial charge in [-0.1, -0.05) is 18.0 Å². The number of nitrogens with one attached hydrogen (secondary N) is 2. The standard InChI is InChI=1S/C14H18N4O2/c1-9-7-12(19)10(8-16-9)14-17-13(18-20-14)11-5-3-2-4-6-15-11/h7-8,11,15H,2-6H2,1H3,(H,16,19). The van der Waals surface area contributed by atoms with Gasteiger partial charge in [-0.15, -0.1) is 0 Å². The molecule has 0 amide bonds. The van der Waals surface area contributed by atoms with Gasteiger partial charge in [0.15, 0.2) is 11.3 Å². The molecule has 1 aliphatic rings. The molecule has 0 aliphatic carbocycles. The molecule has 2 N–H and O–H groups in total. The molecule has 1 atom stereocenters. The highest BCUT2D eigenvalue weighted by molar-refractivity contribution is 5.50. The fourth-order valence-electron chi connectivity index (χ4n) is 2.48. The summed E-state index contributed by atoms with van der Waals surface area (Å²) in [4.78, 5) is 19.3. The molecule has 0 saturated carbocycles. The van der Waals surface area contributed by atoms with Crippen LogP contribution < -0.4 is 10.7 Å². The Balaban J connectivity index is 1.87. The Morgan fingerprint density at radius 3 is 3.10 bits per heavy atom. The van der Waals surface area contributed by atoms with Crippen LogP contribution in [0.25, 0.3) is 11.5 Å². The molecule has 6 heteroatoms. The minimum atomic E-state index is -0.106. The van der Waals surface area contributed by atoms with E-state index in [0.717, 1.165) is 25.1 Å². The van der Waals surface area contributed by atoms with E-state index in [2.05, 4.69) is 20.4 Å². The van der Waals surface area contributed by atoms with E-state index in [1.165, 1.54) is 18.9 Å². The van der Waals surface area contributed by atoms with E-state index < -0.39 is 0 Å². The van der Waals surface area contributed by atoms with E-state index in [4.69, 9.17) is 4.52 Å². The number of aromatic nitrogens is 3. The van der Waals surface area contributed by atoms with Crippen molar-refractivity contribution in [2.45, 2.75) is 38.6 Å². The summed E-state index contributed by atoms with van der Waals surface area (Å²) in [6.45, 7) is 2.81. The van der Waals surface area contributed by atoms with Crippen molar-refractivity contribution in [1.82, 2.24) is 20.4 Å². The van der Waals surface area contributed by atoms with E-state index in [0.29, 0.717) is 11.4 Å². The molecular weight excluding hydrogens is 256 g/mol. The highest BCUT2D eigenvalue weighted by atomic mass is 16.5. The van der Waals surface area contributed by atoms with Crippen LogP contribution in [0, 0.1) is 6.92 Å². The van der Waals surface area contributed by atoms with E-state index in [1.54, 1.807) is 6.20 Å². The second-order valence-electron chi connectivity index (χ2n) is 5.21. The molecule has 0 aromatic carbocycles. The average molecular weight is 274 g/mol. The molecule has 3 heterocycles. The average Bonchev–Trinajstić information content (AvgIpc) is 2.74. The molecule has 0 radical (unpaired) electrons. The normalized spacial score (nSPS) is 19.8. The number of hydrogen-bond donors (Lipinski definition) is 2. The number of aryl methyl sites for hydroxylation is 1. The fourth-order valence-corrected chi connectivity index (χ4v) is 2.48. The predicted molar refractivity (Wildman–Crippen MR) is 74.3 cm³/mol. The third-order valence-corrected chi connectivity index (χ3v) is 3.60. The first-order chi connectivity index (χ1) is 9.74. The number of pyridine rings is 1. The molecule has 1 fully saturated rings. The van der Waals surface area contributed by atoms with E-state index in [9.17, 15) is 4.79 Å². The zero-order valence-corrected chi connectivity index (χ0v) is 11.5. The summed E-state index contributed by atoms with van der Waals surface area (Å²) in [5.74, 6) is 0.925. The van der Waals surface area contributed by atoms with Crippen molar-refractivity contribution in [2.75, 3.05) is 6.54 Å². The molecule has 2 aromatic rings. The van der Waals surface area contributed by atoms with Crippen molar-refractivity contribution >= 4 is 0 Å². The van der Waals surface area contributed by atoms with Gasteiger partial charge in [0.1, 0.15) is 5.56 Å². The van der Waals surface area contributed by atoms with Crippen molar-refractivity contribution in [3.8, 4) is 11.5 Å². The summed E-state index contributed by atoms with van der Waals surface area (Å²) in [5, 5.41) is 7.44. The minimum Gasteiger partial charge on any atom is -0.364 e. The summed E-state index contributed by atoms with van der Waals surface area (Å²) in [6.07, 6.45) is 6.19. The Kier molecular flexibility index (Phi) is 3.64. The van der Waals surface area contributed by atoms with E-state index >= 15 is 0 Å². The molecule has 6 nitrogen and oxygen atoms in total. The Bertz CT molecular complexity index is 639.